The number of hydrogen-bond acceptors (Lipinski definition) is 3. The fraction of sp³-hybridized carbons (Fsp3) is 0.600. The van der Waals surface area contributed by atoms with Crippen LogP contribution in [-0.4, -0.2) is 30.1 Å². The summed E-state index contributed by atoms with van der Waals surface area (Å²) in [6, 6.07) is 1.69. The number of amides is 1. The van der Waals surface area contributed by atoms with E-state index in [9.17, 15) is 4.79 Å². The lowest BCUT2D eigenvalue weighted by molar-refractivity contribution is 0.0299. The molecule has 110 valence electrons. The average molecular weight is 297 g/mol. The molecule has 4 nitrogen and oxygen atoms in total. The smallest absolute Gasteiger partial charge is 0.254 e. The van der Waals surface area contributed by atoms with Gasteiger partial charge < -0.3 is 10.1 Å². The lowest BCUT2D eigenvalue weighted by Gasteiger charge is -2.22. The van der Waals surface area contributed by atoms with Gasteiger partial charge >= 0.3 is 0 Å². The number of rotatable bonds is 5. The molecule has 0 spiro atoms. The van der Waals surface area contributed by atoms with Crippen molar-refractivity contribution < 1.29 is 9.53 Å². The minimum absolute atomic E-state index is 0.199. The Labute approximate surface area is 124 Å². The van der Waals surface area contributed by atoms with Crippen molar-refractivity contribution in [1.29, 1.82) is 0 Å². The molecule has 2 rings (SSSR count). The van der Waals surface area contributed by atoms with E-state index in [1.807, 2.05) is 6.92 Å². The van der Waals surface area contributed by atoms with Gasteiger partial charge in [-0.15, -0.1) is 0 Å². The van der Waals surface area contributed by atoms with Crippen LogP contribution >= 0.6 is 11.6 Å². The predicted octanol–water partition coefficient (Wildman–Crippen LogP) is 3.12. The van der Waals surface area contributed by atoms with E-state index in [2.05, 4.69) is 10.3 Å². The lowest BCUT2D eigenvalue weighted by Crippen LogP contribution is -2.29. The number of pyridine rings is 1. The summed E-state index contributed by atoms with van der Waals surface area (Å²) in [5, 5.41) is 3.24. The fourth-order valence-electron chi connectivity index (χ4n) is 2.41. The number of aromatic nitrogens is 1. The van der Waals surface area contributed by atoms with Crippen LogP contribution < -0.4 is 5.32 Å². The van der Waals surface area contributed by atoms with Gasteiger partial charge in [-0.05, 0) is 25.8 Å². The van der Waals surface area contributed by atoms with E-state index in [0.29, 0.717) is 29.8 Å². The number of nitrogens with one attached hydrogen (secondary N) is 1. The molecule has 0 atom stereocenters. The SMILES string of the molecule is Cc1cc(Cl)c(C(=O)NCCOC2CCCCC2)cn1. The molecule has 1 aromatic rings. The number of carbonyl (C=O) groups is 1. The van der Waals surface area contributed by atoms with E-state index >= 15 is 0 Å². The number of aryl methyl sites for hydroxylation is 1. The zero-order chi connectivity index (χ0) is 14.4. The monoisotopic (exact) mass is 296 g/mol. The molecule has 0 bridgehead atoms. The van der Waals surface area contributed by atoms with Crippen molar-refractivity contribution in [3.63, 3.8) is 0 Å². The van der Waals surface area contributed by atoms with Crippen molar-refractivity contribution in [2.24, 2.45) is 0 Å². The molecule has 20 heavy (non-hydrogen) atoms. The van der Waals surface area contributed by atoms with Gasteiger partial charge in [-0.3, -0.25) is 9.78 Å². The third-order valence-electron chi connectivity index (χ3n) is 3.53. The van der Waals surface area contributed by atoms with E-state index in [1.165, 1.54) is 25.5 Å². The van der Waals surface area contributed by atoms with Gasteiger partial charge in [0.15, 0.2) is 0 Å². The second kappa shape index (κ2) is 7.60. The molecule has 1 aromatic heterocycles. The zero-order valence-corrected chi connectivity index (χ0v) is 12.6. The minimum Gasteiger partial charge on any atom is -0.376 e. The first-order valence-electron chi connectivity index (χ1n) is 7.19. The Kier molecular flexibility index (Phi) is 5.80. The maximum Gasteiger partial charge on any atom is 0.254 e. The average Bonchev–Trinajstić information content (AvgIpc) is 2.44. The molecule has 1 saturated carbocycles. The highest BCUT2D eigenvalue weighted by atomic mass is 35.5. The third kappa shape index (κ3) is 4.46. The Morgan fingerprint density at radius 1 is 1.45 bits per heavy atom. The summed E-state index contributed by atoms with van der Waals surface area (Å²) in [4.78, 5) is 16.0. The Morgan fingerprint density at radius 2 is 2.20 bits per heavy atom. The van der Waals surface area contributed by atoms with Crippen molar-refractivity contribution in [2.75, 3.05) is 13.2 Å². The van der Waals surface area contributed by atoms with Gasteiger partial charge in [0.25, 0.3) is 5.91 Å². The van der Waals surface area contributed by atoms with Gasteiger partial charge in [-0.1, -0.05) is 30.9 Å². The highest BCUT2D eigenvalue weighted by Gasteiger charge is 2.14. The van der Waals surface area contributed by atoms with Crippen LogP contribution in [0.5, 0.6) is 0 Å². The molecule has 0 unspecified atom stereocenters. The molecule has 1 N–H and O–H groups in total. The van der Waals surface area contributed by atoms with Crippen LogP contribution in [0, 0.1) is 6.92 Å². The molecule has 1 aliphatic carbocycles. The minimum atomic E-state index is -0.199. The quantitative estimate of drug-likeness (QED) is 0.849. The molecule has 0 aromatic carbocycles. The molecule has 0 saturated heterocycles. The first-order valence-corrected chi connectivity index (χ1v) is 7.56. The second-order valence-electron chi connectivity index (χ2n) is 5.19. The van der Waals surface area contributed by atoms with Gasteiger partial charge in [0.2, 0.25) is 0 Å². The van der Waals surface area contributed by atoms with Crippen LogP contribution in [0.3, 0.4) is 0 Å². The van der Waals surface area contributed by atoms with E-state index in [-0.39, 0.29) is 5.91 Å². The largest absolute Gasteiger partial charge is 0.376 e. The molecule has 0 aliphatic heterocycles. The van der Waals surface area contributed by atoms with Gasteiger partial charge in [0.1, 0.15) is 0 Å². The van der Waals surface area contributed by atoms with E-state index in [1.54, 1.807) is 6.07 Å². The van der Waals surface area contributed by atoms with Crippen LogP contribution in [0.25, 0.3) is 0 Å². The Morgan fingerprint density at radius 3 is 2.90 bits per heavy atom. The van der Waals surface area contributed by atoms with Gasteiger partial charge in [-0.25, -0.2) is 0 Å². The summed E-state index contributed by atoms with van der Waals surface area (Å²) in [5.74, 6) is -0.199. The third-order valence-corrected chi connectivity index (χ3v) is 3.84. The molecule has 0 radical (unpaired) electrons. The predicted molar refractivity (Wildman–Crippen MR) is 79.1 cm³/mol. The van der Waals surface area contributed by atoms with Crippen molar-refractivity contribution in [2.45, 2.75) is 45.1 Å². The molecular formula is C15H21ClN2O2. The highest BCUT2D eigenvalue weighted by molar-refractivity contribution is 6.33. The molecule has 1 fully saturated rings. The maximum absolute atomic E-state index is 11.9. The van der Waals surface area contributed by atoms with Crippen molar-refractivity contribution in [1.82, 2.24) is 10.3 Å². The summed E-state index contributed by atoms with van der Waals surface area (Å²) >= 11 is 6.03. The maximum atomic E-state index is 11.9. The van der Waals surface area contributed by atoms with Crippen LogP contribution in [0.15, 0.2) is 12.3 Å². The second-order valence-corrected chi connectivity index (χ2v) is 5.60. The van der Waals surface area contributed by atoms with Gasteiger partial charge in [0.05, 0.1) is 23.3 Å². The van der Waals surface area contributed by atoms with E-state index < -0.39 is 0 Å². The summed E-state index contributed by atoms with van der Waals surface area (Å²) < 4.78 is 5.76. The number of ether oxygens (including phenoxy) is 1. The Bertz CT molecular complexity index is 459. The number of carbonyl (C=O) groups excluding carboxylic acids is 1. The van der Waals surface area contributed by atoms with E-state index in [0.717, 1.165) is 18.5 Å². The van der Waals surface area contributed by atoms with Crippen LogP contribution in [0.1, 0.15) is 48.2 Å². The molecule has 1 aliphatic rings. The highest BCUT2D eigenvalue weighted by Crippen LogP contribution is 2.20. The zero-order valence-electron chi connectivity index (χ0n) is 11.8. The summed E-state index contributed by atoms with van der Waals surface area (Å²) in [6.45, 7) is 2.89. The first-order chi connectivity index (χ1) is 9.66. The topological polar surface area (TPSA) is 51.2 Å². The Hall–Kier alpha value is -1.13. The van der Waals surface area contributed by atoms with Crippen molar-refractivity contribution >= 4 is 17.5 Å². The molecule has 1 heterocycles. The van der Waals surface area contributed by atoms with Crippen molar-refractivity contribution in [3.05, 3.63) is 28.5 Å². The molecule has 5 heteroatoms. The number of nitrogens with zero attached hydrogens (tertiary/aromatic N) is 1. The number of halogens is 1. The van der Waals surface area contributed by atoms with Crippen molar-refractivity contribution in [3.8, 4) is 0 Å². The van der Waals surface area contributed by atoms with Crippen LogP contribution in [0.2, 0.25) is 5.02 Å². The van der Waals surface area contributed by atoms with Crippen LogP contribution in [0.4, 0.5) is 0 Å². The number of hydrogen-bond donors (Lipinski definition) is 1. The first kappa shape index (κ1) is 15.3. The van der Waals surface area contributed by atoms with Gasteiger partial charge in [-0.2, -0.15) is 0 Å². The normalized spacial score (nSPS) is 16.1. The summed E-state index contributed by atoms with van der Waals surface area (Å²) in [6.07, 6.45) is 7.97. The Balaban J connectivity index is 1.72. The lowest BCUT2D eigenvalue weighted by atomic mass is 9.98. The van der Waals surface area contributed by atoms with Crippen LogP contribution in [-0.2, 0) is 4.74 Å². The summed E-state index contributed by atoms with van der Waals surface area (Å²) in [5.41, 5.74) is 1.21. The standard InChI is InChI=1S/C15H21ClN2O2/c1-11-9-14(16)13(10-18-11)15(19)17-7-8-20-12-5-3-2-4-6-12/h9-10,12H,2-8H2,1H3,(H,17,19). The molecular weight excluding hydrogens is 276 g/mol. The molecule has 1 amide bonds. The van der Waals surface area contributed by atoms with Gasteiger partial charge in [0, 0.05) is 18.4 Å². The van der Waals surface area contributed by atoms with E-state index in [4.69, 9.17) is 16.3 Å². The fourth-order valence-corrected chi connectivity index (χ4v) is 2.70. The summed E-state index contributed by atoms with van der Waals surface area (Å²) in [7, 11) is 0.